The summed E-state index contributed by atoms with van der Waals surface area (Å²) in [5, 5.41) is 21.0. The van der Waals surface area contributed by atoms with E-state index in [2.05, 4.69) is 51.1 Å². The number of hydrogen-bond acceptors (Lipinski definition) is 11. The van der Waals surface area contributed by atoms with Crippen molar-refractivity contribution in [3.8, 4) is 0 Å². The van der Waals surface area contributed by atoms with E-state index in [0.717, 1.165) is 50.5 Å². The summed E-state index contributed by atoms with van der Waals surface area (Å²) in [5.74, 6) is -0.273. The third-order valence-electron chi connectivity index (χ3n) is 12.8. The molecule has 0 aromatic heterocycles. The van der Waals surface area contributed by atoms with Crippen LogP contribution in [0.5, 0.6) is 0 Å². The van der Waals surface area contributed by atoms with Gasteiger partial charge >= 0.3 is 5.97 Å². The molecule has 2 N–H and O–H groups in total. The second-order valence-corrected chi connectivity index (χ2v) is 16.1. The monoisotopic (exact) mass is 703 g/mol. The van der Waals surface area contributed by atoms with Crippen LogP contribution >= 0.6 is 0 Å². The SMILES string of the molecule is CCC1CCCC(OC2CCC(N(C)C)C(C)O2)C(C)C(=O)C2=CC3C(C=CC4CC(OC5OC(C)C(O)C(O)C5OC)CC43)C2CC(=O)O1. The summed E-state index contributed by atoms with van der Waals surface area (Å²) in [6.45, 7) is 7.86. The maximum absolute atomic E-state index is 14.6. The topological polar surface area (TPSA) is 133 Å². The van der Waals surface area contributed by atoms with Crippen LogP contribution < -0.4 is 0 Å². The van der Waals surface area contributed by atoms with Crippen LogP contribution in [0.15, 0.2) is 23.8 Å². The largest absolute Gasteiger partial charge is 0.462 e. The molecule has 3 aliphatic carbocycles. The standard InChI is InChI=1S/C39H61NO10/c1-8-24-10-9-11-32(50-34-15-14-31(40(5)6)21(3)46-34)20(2)35(42)30-18-28-26(29(30)19-33(41)48-24)13-12-23-16-25(17-27(23)28)49-39-38(45-7)37(44)36(43)22(4)47-39/h12-13,18,20-29,31-32,34,36-39,43-44H,8-11,14-17,19H2,1-7H3. The van der Waals surface area contributed by atoms with Crippen LogP contribution in [0.25, 0.3) is 0 Å². The van der Waals surface area contributed by atoms with Crippen LogP contribution in [0.1, 0.15) is 85.5 Å². The Bertz CT molecular complexity index is 1260. The number of nitrogens with zero attached hydrogens (tertiary/aromatic N) is 1. The molecule has 6 rings (SSSR count). The highest BCUT2D eigenvalue weighted by Crippen LogP contribution is 2.54. The van der Waals surface area contributed by atoms with E-state index in [-0.39, 0.29) is 84.4 Å². The minimum Gasteiger partial charge on any atom is -0.462 e. The lowest BCUT2D eigenvalue weighted by atomic mass is 9.70. The molecule has 1 saturated carbocycles. The van der Waals surface area contributed by atoms with Crippen LogP contribution in [0, 0.1) is 35.5 Å². The summed E-state index contributed by atoms with van der Waals surface area (Å²) < 4.78 is 37.0. The fourth-order valence-electron chi connectivity index (χ4n) is 9.84. The zero-order chi connectivity index (χ0) is 35.9. The number of fused-ring (bicyclic) bond motifs is 5. The van der Waals surface area contributed by atoms with Gasteiger partial charge in [0, 0.05) is 25.0 Å². The number of cyclic esters (lactones) is 1. The Morgan fingerprint density at radius 2 is 1.70 bits per heavy atom. The van der Waals surface area contributed by atoms with E-state index in [1.54, 1.807) is 6.92 Å². The molecule has 17 atom stereocenters. The molecule has 17 unspecified atom stereocenters. The fraction of sp³-hybridized carbons (Fsp3) is 0.846. The van der Waals surface area contributed by atoms with Gasteiger partial charge < -0.3 is 43.5 Å². The number of ether oxygens (including phenoxy) is 6. The molecule has 11 nitrogen and oxygen atoms in total. The first kappa shape index (κ1) is 38.0. The highest BCUT2D eigenvalue weighted by molar-refractivity contribution is 5.99. The average molecular weight is 704 g/mol. The first-order valence-corrected chi connectivity index (χ1v) is 19.2. The Kier molecular flexibility index (Phi) is 12.3. The number of aliphatic hydroxyl groups is 2. The number of Topliss-reactive ketones (excluding diaryl/α,β-unsaturated/α-hetero) is 1. The maximum Gasteiger partial charge on any atom is 0.306 e. The number of methoxy groups -OCH3 is 1. The van der Waals surface area contributed by atoms with Crippen LogP contribution in [0.3, 0.4) is 0 Å². The first-order valence-electron chi connectivity index (χ1n) is 19.2. The Balaban J connectivity index is 1.21. The molecule has 0 amide bonds. The number of carbonyl (C=O) groups excluding carboxylic acids is 2. The highest BCUT2D eigenvalue weighted by Gasteiger charge is 2.52. The molecule has 3 heterocycles. The van der Waals surface area contributed by atoms with Crippen LogP contribution in [0.4, 0.5) is 0 Å². The van der Waals surface area contributed by atoms with Crippen molar-refractivity contribution in [1.29, 1.82) is 0 Å². The number of likely N-dealkylation sites (N-methyl/N-ethyl adjacent to an activating group) is 1. The van der Waals surface area contributed by atoms with Gasteiger partial charge in [-0.15, -0.1) is 0 Å². The highest BCUT2D eigenvalue weighted by atomic mass is 16.7. The first-order chi connectivity index (χ1) is 23.9. The third kappa shape index (κ3) is 7.81. The van der Waals surface area contributed by atoms with Gasteiger partial charge in [0.25, 0.3) is 0 Å². The minimum atomic E-state index is -1.12. The van der Waals surface area contributed by atoms with E-state index >= 15 is 0 Å². The number of carbonyl (C=O) groups is 2. The van der Waals surface area contributed by atoms with Crippen molar-refractivity contribution in [2.75, 3.05) is 21.2 Å². The van der Waals surface area contributed by atoms with Crippen molar-refractivity contribution in [3.05, 3.63) is 23.8 Å². The molecule has 0 radical (unpaired) electrons. The van der Waals surface area contributed by atoms with Gasteiger partial charge in [0.2, 0.25) is 0 Å². The third-order valence-corrected chi connectivity index (χ3v) is 12.8. The van der Waals surface area contributed by atoms with Gasteiger partial charge in [-0.1, -0.05) is 32.1 Å². The molecular formula is C39H61NO10. The number of ketones is 1. The molecule has 11 heteroatoms. The second-order valence-electron chi connectivity index (χ2n) is 16.1. The van der Waals surface area contributed by atoms with Crippen molar-refractivity contribution in [3.63, 3.8) is 0 Å². The van der Waals surface area contributed by atoms with Crippen LogP contribution in [-0.2, 0) is 38.0 Å². The Morgan fingerprint density at radius 3 is 2.40 bits per heavy atom. The zero-order valence-corrected chi connectivity index (χ0v) is 31.0. The van der Waals surface area contributed by atoms with Gasteiger partial charge in [0.05, 0.1) is 30.8 Å². The van der Waals surface area contributed by atoms with Crippen LogP contribution in [0.2, 0.25) is 0 Å². The van der Waals surface area contributed by atoms with Gasteiger partial charge in [-0.05, 0) is 109 Å². The minimum absolute atomic E-state index is 0.0104. The number of hydrogen-bond donors (Lipinski definition) is 2. The van der Waals surface area contributed by atoms with Crippen LogP contribution in [-0.4, -0.2) is 116 Å². The second kappa shape index (κ2) is 16.1. The zero-order valence-electron chi connectivity index (χ0n) is 31.0. The van der Waals surface area contributed by atoms with Crippen molar-refractivity contribution in [2.24, 2.45) is 35.5 Å². The van der Waals surface area contributed by atoms with Crippen molar-refractivity contribution >= 4 is 11.8 Å². The average Bonchev–Trinajstić information content (AvgIpc) is 3.66. The van der Waals surface area contributed by atoms with Crippen molar-refractivity contribution in [1.82, 2.24) is 4.90 Å². The molecule has 4 fully saturated rings. The van der Waals surface area contributed by atoms with Crippen molar-refractivity contribution in [2.45, 2.75) is 153 Å². The van der Waals surface area contributed by atoms with Gasteiger partial charge in [-0.2, -0.15) is 0 Å². The smallest absolute Gasteiger partial charge is 0.306 e. The summed E-state index contributed by atoms with van der Waals surface area (Å²) in [6, 6.07) is 0.329. The molecule has 0 spiro atoms. The lowest BCUT2D eigenvalue weighted by molar-refractivity contribution is -0.308. The van der Waals surface area contributed by atoms with E-state index in [1.807, 2.05) is 6.92 Å². The van der Waals surface area contributed by atoms with Gasteiger partial charge in [0.1, 0.15) is 24.4 Å². The Morgan fingerprint density at radius 1 is 0.920 bits per heavy atom. The van der Waals surface area contributed by atoms with E-state index in [0.29, 0.717) is 12.5 Å². The van der Waals surface area contributed by atoms with E-state index in [4.69, 9.17) is 28.4 Å². The molecule has 50 heavy (non-hydrogen) atoms. The molecule has 0 aromatic rings. The van der Waals surface area contributed by atoms with E-state index in [1.165, 1.54) is 7.11 Å². The lowest BCUT2D eigenvalue weighted by Gasteiger charge is -2.41. The molecule has 3 saturated heterocycles. The predicted octanol–water partition coefficient (Wildman–Crippen LogP) is 4.18. The number of aliphatic hydroxyl groups excluding tert-OH is 2. The van der Waals surface area contributed by atoms with E-state index in [9.17, 15) is 19.8 Å². The Hall–Kier alpha value is -1.70. The Labute approximate surface area is 298 Å². The summed E-state index contributed by atoms with van der Waals surface area (Å²) >= 11 is 0. The van der Waals surface area contributed by atoms with E-state index < -0.39 is 30.7 Å². The summed E-state index contributed by atoms with van der Waals surface area (Å²) in [7, 11) is 5.64. The summed E-state index contributed by atoms with van der Waals surface area (Å²) in [6.07, 6.45) is 7.73. The summed E-state index contributed by atoms with van der Waals surface area (Å²) in [4.78, 5) is 30.2. The summed E-state index contributed by atoms with van der Waals surface area (Å²) in [5.41, 5.74) is 0.730. The molecule has 3 aliphatic heterocycles. The molecule has 0 bridgehead atoms. The fourth-order valence-corrected chi connectivity index (χ4v) is 9.84. The van der Waals surface area contributed by atoms with Gasteiger partial charge in [-0.3, -0.25) is 9.59 Å². The molecule has 6 aliphatic rings. The van der Waals surface area contributed by atoms with Crippen molar-refractivity contribution < 1.29 is 48.2 Å². The molecule has 282 valence electrons. The molecule has 0 aromatic carbocycles. The van der Waals surface area contributed by atoms with Gasteiger partial charge in [0.15, 0.2) is 18.4 Å². The predicted molar refractivity (Wildman–Crippen MR) is 185 cm³/mol. The number of esters is 1. The van der Waals surface area contributed by atoms with Gasteiger partial charge in [-0.25, -0.2) is 0 Å². The molecular weight excluding hydrogens is 642 g/mol. The number of rotatable bonds is 7. The maximum atomic E-state index is 14.6. The quantitative estimate of drug-likeness (QED) is 0.292. The normalized spacial score (nSPS) is 47.1. The number of allylic oxidation sites excluding steroid dienone is 4. The lowest BCUT2D eigenvalue weighted by Crippen LogP contribution is -2.58.